The first-order valence-electron chi connectivity index (χ1n) is 19.2. The summed E-state index contributed by atoms with van der Waals surface area (Å²) >= 11 is 0.158. The van der Waals surface area contributed by atoms with Crippen LogP contribution in [0.25, 0.3) is 95.8 Å². The van der Waals surface area contributed by atoms with Gasteiger partial charge in [-0.2, -0.15) is 0 Å². The zero-order valence-corrected chi connectivity index (χ0v) is 31.3. The van der Waals surface area contributed by atoms with Crippen LogP contribution in [0.3, 0.4) is 0 Å². The van der Waals surface area contributed by atoms with Gasteiger partial charge in [-0.25, -0.2) is 0 Å². The Balaban J connectivity index is 1.16. The molecule has 0 radical (unpaired) electrons. The second-order valence-electron chi connectivity index (χ2n) is 14.9. The van der Waals surface area contributed by atoms with E-state index in [1.165, 1.54) is 128 Å². The summed E-state index contributed by atoms with van der Waals surface area (Å²) in [5.74, 6) is 0.637. The van der Waals surface area contributed by atoms with Crippen LogP contribution >= 0.6 is 0 Å². The van der Waals surface area contributed by atoms with Crippen molar-refractivity contribution >= 4 is 76.9 Å². The predicted molar refractivity (Wildman–Crippen MR) is 231 cm³/mol. The molecular weight excluding hydrogens is 704 g/mol. The van der Waals surface area contributed by atoms with Gasteiger partial charge in [0.1, 0.15) is 0 Å². The predicted octanol–water partition coefficient (Wildman–Crippen LogP) is 14.7. The van der Waals surface area contributed by atoms with Gasteiger partial charge in [-0.3, -0.25) is 0 Å². The van der Waals surface area contributed by atoms with E-state index in [0.29, 0.717) is 5.92 Å². The second-order valence-corrected chi connectivity index (χ2v) is 17.1. The first kappa shape index (κ1) is 31.1. The van der Waals surface area contributed by atoms with Crippen molar-refractivity contribution in [2.24, 2.45) is 0 Å². The Morgan fingerprint density at radius 3 is 1.45 bits per heavy atom. The normalized spacial score (nSPS) is 14.0. The van der Waals surface area contributed by atoms with Gasteiger partial charge in [-0.15, -0.1) is 0 Å². The molecule has 1 saturated carbocycles. The first-order valence-corrected chi connectivity index (χ1v) is 20.9. The van der Waals surface area contributed by atoms with Crippen molar-refractivity contribution in [3.63, 3.8) is 0 Å². The van der Waals surface area contributed by atoms with Crippen molar-refractivity contribution in [2.45, 2.75) is 38.0 Å². The van der Waals surface area contributed by atoms with E-state index < -0.39 is 0 Å². The Hall–Kier alpha value is -5.46. The van der Waals surface area contributed by atoms with Gasteiger partial charge in [0.2, 0.25) is 0 Å². The second kappa shape index (κ2) is 12.6. The molecule has 0 N–H and O–H groups in total. The van der Waals surface area contributed by atoms with E-state index in [0.717, 1.165) is 0 Å². The van der Waals surface area contributed by atoms with Gasteiger partial charge in [-0.05, 0) is 0 Å². The summed E-state index contributed by atoms with van der Waals surface area (Å²) in [5.41, 5.74) is 9.63. The average molecular weight is 742 g/mol. The van der Waals surface area contributed by atoms with E-state index in [2.05, 4.69) is 164 Å². The van der Waals surface area contributed by atoms with Crippen molar-refractivity contribution < 1.29 is 0 Å². The molecule has 53 heavy (non-hydrogen) atoms. The third kappa shape index (κ3) is 4.88. The zero-order chi connectivity index (χ0) is 34.9. The van der Waals surface area contributed by atoms with Gasteiger partial charge in [0.05, 0.1) is 0 Å². The van der Waals surface area contributed by atoms with Crippen molar-refractivity contribution in [2.75, 3.05) is 0 Å². The summed E-state index contributed by atoms with van der Waals surface area (Å²) in [7, 11) is 0. The van der Waals surface area contributed by atoms with Gasteiger partial charge in [0.15, 0.2) is 0 Å². The van der Waals surface area contributed by atoms with Crippen LogP contribution in [0.4, 0.5) is 0 Å². The summed E-state index contributed by atoms with van der Waals surface area (Å²) in [5, 5.41) is 13.7. The summed E-state index contributed by atoms with van der Waals surface area (Å²) in [6.45, 7) is 0. The summed E-state index contributed by atoms with van der Waals surface area (Å²) < 4.78 is 2.98. The standard InChI is InChI=1S/C52H38Se/c1-3-16-33(17-4-1)48-37-20-7-9-22-39(37)50(40-23-10-8-21-38(40)48)35-30-31-36-45-28-15-29-46(52(45)53-47(36)32-35)51-43-26-13-11-24-41(43)49(34-18-5-2-6-19-34)42-25-12-14-27-44(42)51/h2,5-15,18-33H,1,3-4,16-17H2. The molecule has 0 amide bonds. The Morgan fingerprint density at radius 2 is 0.849 bits per heavy atom. The molecule has 11 rings (SSSR count). The topological polar surface area (TPSA) is 0 Å². The zero-order valence-electron chi connectivity index (χ0n) is 29.6. The van der Waals surface area contributed by atoms with Crippen LogP contribution in [-0.2, 0) is 0 Å². The number of benzene rings is 9. The maximum atomic E-state index is 2.54. The average Bonchev–Trinajstić information content (AvgIpc) is 3.61. The molecule has 1 fully saturated rings. The van der Waals surface area contributed by atoms with Crippen LogP contribution in [-0.4, -0.2) is 14.5 Å². The summed E-state index contributed by atoms with van der Waals surface area (Å²) in [6, 6.07) is 62.0. The minimum absolute atomic E-state index is 0.158. The van der Waals surface area contributed by atoms with Crippen LogP contribution in [0.5, 0.6) is 0 Å². The number of hydrogen-bond donors (Lipinski definition) is 0. The Labute approximate surface area is 316 Å². The fourth-order valence-corrected chi connectivity index (χ4v) is 12.4. The fourth-order valence-electron chi connectivity index (χ4n) is 9.79. The Morgan fingerprint density at radius 1 is 0.358 bits per heavy atom. The molecule has 1 heterocycles. The van der Waals surface area contributed by atoms with Crippen LogP contribution in [0.2, 0.25) is 0 Å². The molecule has 0 aliphatic heterocycles. The SMILES string of the molecule is c1ccc(-c2c3ccccc3c(-c3cccc4c3[se]c3cc(-c5c6ccccc6c(C6CCCCC6)c6ccccc56)ccc34)c3ccccc23)cc1. The number of fused-ring (bicyclic) bond motifs is 7. The van der Waals surface area contributed by atoms with Crippen molar-refractivity contribution in [3.8, 4) is 33.4 Å². The summed E-state index contributed by atoms with van der Waals surface area (Å²) in [4.78, 5) is 0. The van der Waals surface area contributed by atoms with Gasteiger partial charge in [0, 0.05) is 0 Å². The molecule has 0 bridgehead atoms. The summed E-state index contributed by atoms with van der Waals surface area (Å²) in [6.07, 6.45) is 6.65. The molecule has 0 spiro atoms. The van der Waals surface area contributed by atoms with E-state index in [-0.39, 0.29) is 14.5 Å². The van der Waals surface area contributed by atoms with Crippen molar-refractivity contribution in [1.82, 2.24) is 0 Å². The van der Waals surface area contributed by atoms with E-state index in [1.54, 1.807) is 5.56 Å². The van der Waals surface area contributed by atoms with Crippen molar-refractivity contribution in [1.29, 1.82) is 0 Å². The molecule has 10 aromatic rings. The molecule has 252 valence electrons. The third-order valence-corrected chi connectivity index (χ3v) is 14.6. The van der Waals surface area contributed by atoms with Crippen LogP contribution in [0.15, 0.2) is 164 Å². The van der Waals surface area contributed by atoms with E-state index in [4.69, 9.17) is 0 Å². The first-order chi connectivity index (χ1) is 26.3. The quantitative estimate of drug-likeness (QED) is 0.124. The molecule has 1 heteroatoms. The third-order valence-electron chi connectivity index (χ3n) is 12.0. The van der Waals surface area contributed by atoms with E-state index in [9.17, 15) is 0 Å². The molecule has 0 atom stereocenters. The van der Waals surface area contributed by atoms with Gasteiger partial charge in [0.25, 0.3) is 0 Å². The molecule has 1 aliphatic rings. The molecule has 0 unspecified atom stereocenters. The van der Waals surface area contributed by atoms with Gasteiger partial charge < -0.3 is 0 Å². The minimum atomic E-state index is 0.158. The monoisotopic (exact) mass is 742 g/mol. The fraction of sp³-hybridized carbons (Fsp3) is 0.115. The van der Waals surface area contributed by atoms with Gasteiger partial charge in [-0.1, -0.05) is 0 Å². The van der Waals surface area contributed by atoms with E-state index >= 15 is 0 Å². The molecular formula is C52H38Se. The molecule has 9 aromatic carbocycles. The number of rotatable bonds is 4. The van der Waals surface area contributed by atoms with Gasteiger partial charge >= 0.3 is 318 Å². The molecule has 0 nitrogen and oxygen atoms in total. The van der Waals surface area contributed by atoms with Crippen molar-refractivity contribution in [3.05, 3.63) is 169 Å². The van der Waals surface area contributed by atoms with Crippen LogP contribution < -0.4 is 0 Å². The maximum absolute atomic E-state index is 2.54. The van der Waals surface area contributed by atoms with Crippen LogP contribution in [0.1, 0.15) is 43.6 Å². The van der Waals surface area contributed by atoms with E-state index in [1.807, 2.05) is 0 Å². The molecule has 1 aromatic heterocycles. The van der Waals surface area contributed by atoms with Crippen LogP contribution in [0, 0.1) is 0 Å². The molecule has 0 saturated heterocycles. The number of hydrogen-bond acceptors (Lipinski definition) is 0. The Kier molecular flexibility index (Phi) is 7.39. The Bertz CT molecular complexity index is 2920. The molecule has 1 aliphatic carbocycles.